The highest BCUT2D eigenvalue weighted by Crippen LogP contribution is 2.24. The average Bonchev–Trinajstić information content (AvgIpc) is 2.86. The van der Waals surface area contributed by atoms with Crippen molar-refractivity contribution >= 4 is 11.9 Å². The van der Waals surface area contributed by atoms with Gasteiger partial charge in [0.15, 0.2) is 0 Å². The van der Waals surface area contributed by atoms with Crippen LogP contribution in [-0.2, 0) is 17.9 Å². The molecule has 0 spiro atoms. The third-order valence-corrected chi connectivity index (χ3v) is 3.67. The maximum Gasteiger partial charge on any atom is 0.335 e. The normalized spacial score (nSPS) is 15.0. The Kier molecular flexibility index (Phi) is 4.39. The van der Waals surface area contributed by atoms with Gasteiger partial charge in [-0.1, -0.05) is 25.8 Å². The smallest absolute Gasteiger partial charge is 0.335 e. The minimum Gasteiger partial charge on any atom is -0.478 e. The van der Waals surface area contributed by atoms with E-state index in [0.717, 1.165) is 24.0 Å². The fourth-order valence-corrected chi connectivity index (χ4v) is 2.47. The Bertz CT molecular complexity index is 528. The first-order chi connectivity index (χ1) is 9.52. The molecule has 0 aromatic heterocycles. The highest BCUT2D eigenvalue weighted by molar-refractivity contribution is 5.88. The van der Waals surface area contributed by atoms with Gasteiger partial charge in [-0.05, 0) is 29.7 Å². The molecule has 20 heavy (non-hydrogen) atoms. The summed E-state index contributed by atoms with van der Waals surface area (Å²) in [6.45, 7) is 3.04. The van der Waals surface area contributed by atoms with Crippen LogP contribution in [0.5, 0.6) is 0 Å². The fourth-order valence-electron chi connectivity index (χ4n) is 2.47. The van der Waals surface area contributed by atoms with Gasteiger partial charge in [0, 0.05) is 13.1 Å². The van der Waals surface area contributed by atoms with Gasteiger partial charge in [0.25, 0.3) is 0 Å². The molecule has 1 aliphatic heterocycles. The lowest BCUT2D eigenvalue weighted by Gasteiger charge is -2.20. The molecule has 2 rings (SSSR count). The lowest BCUT2D eigenvalue weighted by atomic mass is 10.1. The van der Waals surface area contributed by atoms with Crippen LogP contribution in [0, 0.1) is 0 Å². The summed E-state index contributed by atoms with van der Waals surface area (Å²) >= 11 is 0. The predicted molar refractivity (Wildman–Crippen MR) is 75.2 cm³/mol. The van der Waals surface area contributed by atoms with E-state index in [1.54, 1.807) is 23.1 Å². The number of carboxylic acid groups (broad SMARTS) is 1. The van der Waals surface area contributed by atoms with Gasteiger partial charge in [-0.3, -0.25) is 4.79 Å². The average molecular weight is 276 g/mol. The lowest BCUT2D eigenvalue weighted by Crippen LogP contribution is -2.41. The molecule has 0 bridgehead atoms. The molecule has 0 saturated carbocycles. The SMILES string of the molecule is CCCC[C@H](N)C(=O)N1Cc2ccc(C(=O)O)cc2C1. The Morgan fingerprint density at radius 3 is 2.70 bits per heavy atom. The van der Waals surface area contributed by atoms with Crippen LogP contribution in [0.4, 0.5) is 0 Å². The Hall–Kier alpha value is -1.88. The van der Waals surface area contributed by atoms with Crippen molar-refractivity contribution < 1.29 is 14.7 Å². The zero-order valence-electron chi connectivity index (χ0n) is 11.6. The standard InChI is InChI=1S/C15H20N2O3/c1-2-3-4-13(16)14(18)17-8-11-6-5-10(15(19)20)7-12(11)9-17/h5-7,13H,2-4,8-9,16H2,1H3,(H,19,20)/t13-/m0/s1. The largest absolute Gasteiger partial charge is 0.478 e. The molecular formula is C15H20N2O3. The molecule has 0 saturated heterocycles. The molecule has 1 heterocycles. The van der Waals surface area contributed by atoms with Gasteiger partial charge in [0.1, 0.15) is 0 Å². The van der Waals surface area contributed by atoms with Gasteiger partial charge in [-0.25, -0.2) is 4.79 Å². The third-order valence-electron chi connectivity index (χ3n) is 3.67. The molecule has 108 valence electrons. The zero-order chi connectivity index (χ0) is 14.7. The first-order valence-electron chi connectivity index (χ1n) is 6.92. The Morgan fingerprint density at radius 2 is 2.05 bits per heavy atom. The third kappa shape index (κ3) is 2.99. The number of rotatable bonds is 5. The second-order valence-electron chi connectivity index (χ2n) is 5.23. The summed E-state index contributed by atoms with van der Waals surface area (Å²) in [6.07, 6.45) is 2.66. The van der Waals surface area contributed by atoms with Crippen molar-refractivity contribution in [1.82, 2.24) is 4.90 Å². The highest BCUT2D eigenvalue weighted by Gasteiger charge is 2.27. The van der Waals surface area contributed by atoms with Crippen LogP contribution in [0.2, 0.25) is 0 Å². The van der Waals surface area contributed by atoms with Crippen LogP contribution in [0.25, 0.3) is 0 Å². The number of carbonyl (C=O) groups is 2. The maximum atomic E-state index is 12.2. The number of unbranched alkanes of at least 4 members (excludes halogenated alkanes) is 1. The molecule has 0 aliphatic carbocycles. The Balaban J connectivity index is 2.05. The molecule has 5 heteroatoms. The molecule has 1 amide bonds. The van der Waals surface area contributed by atoms with Gasteiger partial charge in [0.2, 0.25) is 5.91 Å². The van der Waals surface area contributed by atoms with Crippen molar-refractivity contribution in [2.45, 2.75) is 45.3 Å². The summed E-state index contributed by atoms with van der Waals surface area (Å²) in [5.74, 6) is -0.997. The number of hydrogen-bond donors (Lipinski definition) is 2. The van der Waals surface area contributed by atoms with Gasteiger partial charge in [0.05, 0.1) is 11.6 Å². The first kappa shape index (κ1) is 14.5. The number of nitrogens with zero attached hydrogens (tertiary/aromatic N) is 1. The summed E-state index contributed by atoms with van der Waals surface area (Å²) in [4.78, 5) is 24.9. The summed E-state index contributed by atoms with van der Waals surface area (Å²) in [6, 6.07) is 4.54. The molecule has 0 unspecified atom stereocenters. The number of aromatic carboxylic acids is 1. The minimum atomic E-state index is -0.947. The number of benzene rings is 1. The van der Waals surface area contributed by atoms with Crippen LogP contribution in [-0.4, -0.2) is 27.9 Å². The monoisotopic (exact) mass is 276 g/mol. The van der Waals surface area contributed by atoms with Gasteiger partial charge >= 0.3 is 5.97 Å². The molecule has 1 aliphatic rings. The molecule has 1 aromatic carbocycles. The van der Waals surface area contributed by atoms with E-state index in [-0.39, 0.29) is 11.5 Å². The van der Waals surface area contributed by atoms with Gasteiger partial charge in [-0.15, -0.1) is 0 Å². The van der Waals surface area contributed by atoms with E-state index in [4.69, 9.17) is 10.8 Å². The highest BCUT2D eigenvalue weighted by atomic mass is 16.4. The van der Waals surface area contributed by atoms with Crippen molar-refractivity contribution in [3.8, 4) is 0 Å². The van der Waals surface area contributed by atoms with Crippen molar-refractivity contribution in [3.63, 3.8) is 0 Å². The Labute approximate surface area is 118 Å². The Morgan fingerprint density at radius 1 is 1.35 bits per heavy atom. The molecule has 3 N–H and O–H groups in total. The second kappa shape index (κ2) is 6.05. The van der Waals surface area contributed by atoms with Crippen molar-refractivity contribution in [2.75, 3.05) is 0 Å². The van der Waals surface area contributed by atoms with E-state index in [1.807, 2.05) is 0 Å². The van der Waals surface area contributed by atoms with Crippen molar-refractivity contribution in [3.05, 3.63) is 34.9 Å². The lowest BCUT2D eigenvalue weighted by molar-refractivity contribution is -0.133. The van der Waals surface area contributed by atoms with E-state index in [2.05, 4.69) is 6.92 Å². The fraction of sp³-hybridized carbons (Fsp3) is 0.467. The van der Waals surface area contributed by atoms with E-state index in [9.17, 15) is 9.59 Å². The van der Waals surface area contributed by atoms with Crippen LogP contribution >= 0.6 is 0 Å². The van der Waals surface area contributed by atoms with Crippen LogP contribution in [0.3, 0.4) is 0 Å². The van der Waals surface area contributed by atoms with E-state index in [1.165, 1.54) is 0 Å². The van der Waals surface area contributed by atoms with E-state index in [0.29, 0.717) is 19.5 Å². The number of nitrogens with two attached hydrogens (primary N) is 1. The minimum absolute atomic E-state index is 0.0495. The first-order valence-corrected chi connectivity index (χ1v) is 6.92. The molecule has 5 nitrogen and oxygen atoms in total. The van der Waals surface area contributed by atoms with Gasteiger partial charge in [-0.2, -0.15) is 0 Å². The zero-order valence-corrected chi connectivity index (χ0v) is 11.6. The van der Waals surface area contributed by atoms with E-state index < -0.39 is 12.0 Å². The molecule has 1 atom stereocenters. The summed E-state index contributed by atoms with van der Waals surface area (Å²) in [5.41, 5.74) is 8.08. The summed E-state index contributed by atoms with van der Waals surface area (Å²) in [7, 11) is 0. The number of carboxylic acids is 1. The second-order valence-corrected chi connectivity index (χ2v) is 5.23. The quantitative estimate of drug-likeness (QED) is 0.858. The maximum absolute atomic E-state index is 12.2. The van der Waals surface area contributed by atoms with Gasteiger partial charge < -0.3 is 15.7 Å². The van der Waals surface area contributed by atoms with Crippen molar-refractivity contribution in [1.29, 1.82) is 0 Å². The number of amides is 1. The summed E-state index contributed by atoms with van der Waals surface area (Å²) < 4.78 is 0. The molecular weight excluding hydrogens is 256 g/mol. The van der Waals surface area contributed by atoms with Crippen LogP contribution < -0.4 is 5.73 Å². The summed E-state index contributed by atoms with van der Waals surface area (Å²) in [5, 5.41) is 8.98. The van der Waals surface area contributed by atoms with E-state index >= 15 is 0 Å². The predicted octanol–water partition coefficient (Wildman–Crippen LogP) is 1.74. The van der Waals surface area contributed by atoms with Crippen LogP contribution in [0.1, 0.15) is 47.7 Å². The number of fused-ring (bicyclic) bond motifs is 1. The van der Waals surface area contributed by atoms with Crippen molar-refractivity contribution in [2.24, 2.45) is 5.73 Å². The molecule has 0 radical (unpaired) electrons. The van der Waals surface area contributed by atoms with Crippen LogP contribution in [0.15, 0.2) is 18.2 Å². The number of hydrogen-bond acceptors (Lipinski definition) is 3. The topological polar surface area (TPSA) is 83.6 Å². The molecule has 0 fully saturated rings. The number of carbonyl (C=O) groups excluding carboxylic acids is 1. The molecule has 1 aromatic rings.